The minimum absolute atomic E-state index is 0.0343. The fraction of sp³-hybridized carbons (Fsp3) is 0.688. The summed E-state index contributed by atoms with van der Waals surface area (Å²) in [5.41, 5.74) is 0.0815. The summed E-state index contributed by atoms with van der Waals surface area (Å²) in [7, 11) is 0. The molecule has 0 unspecified atom stereocenters. The molecule has 2 aliphatic rings. The molecule has 132 valence electrons. The molecule has 0 aromatic carbocycles. The Morgan fingerprint density at radius 3 is 2.67 bits per heavy atom. The number of carbonyl (C=O) groups is 1. The molecule has 1 amide bonds. The number of ether oxygens (including phenoxy) is 1. The molecular weight excluding hydrogens is 312 g/mol. The Kier molecular flexibility index (Phi) is 4.86. The Bertz CT molecular complexity index is 603. The van der Waals surface area contributed by atoms with Crippen molar-refractivity contribution in [3.63, 3.8) is 0 Å². The van der Waals surface area contributed by atoms with Gasteiger partial charge in [-0.1, -0.05) is 12.8 Å². The van der Waals surface area contributed by atoms with Crippen molar-refractivity contribution in [2.75, 3.05) is 26.3 Å². The smallest absolute Gasteiger partial charge is 0.287 e. The molecule has 1 saturated heterocycles. The summed E-state index contributed by atoms with van der Waals surface area (Å²) in [5, 5.41) is 13.8. The van der Waals surface area contributed by atoms with Crippen LogP contribution in [0.1, 0.15) is 43.1 Å². The minimum Gasteiger partial charge on any atom is -0.379 e. The van der Waals surface area contributed by atoms with Gasteiger partial charge in [-0.05, 0) is 19.8 Å². The zero-order valence-corrected chi connectivity index (χ0v) is 13.9. The van der Waals surface area contributed by atoms with Gasteiger partial charge in [0.15, 0.2) is 0 Å². The highest BCUT2D eigenvalue weighted by Gasteiger charge is 2.45. The summed E-state index contributed by atoms with van der Waals surface area (Å²) in [6.45, 7) is 5.26. The van der Waals surface area contributed by atoms with Crippen molar-refractivity contribution in [3.05, 3.63) is 28.1 Å². The quantitative estimate of drug-likeness (QED) is 0.629. The molecular formula is C16H24N4O4. The molecule has 2 heterocycles. The number of carbonyl (C=O) groups excluding carboxylic acids is 1. The van der Waals surface area contributed by atoms with Crippen molar-refractivity contribution in [1.82, 2.24) is 15.2 Å². The zero-order chi connectivity index (χ0) is 17.2. The number of rotatable bonds is 5. The number of nitrogens with zero attached hydrogens (tertiary/aromatic N) is 2. The average molecular weight is 336 g/mol. The lowest BCUT2D eigenvalue weighted by atomic mass is 9.86. The van der Waals surface area contributed by atoms with Gasteiger partial charge in [-0.2, -0.15) is 0 Å². The zero-order valence-electron chi connectivity index (χ0n) is 13.9. The lowest BCUT2D eigenvalue weighted by molar-refractivity contribution is -0.384. The summed E-state index contributed by atoms with van der Waals surface area (Å²) in [4.78, 5) is 27.9. The third kappa shape index (κ3) is 3.16. The van der Waals surface area contributed by atoms with Crippen molar-refractivity contribution in [2.24, 2.45) is 0 Å². The number of morpholine rings is 1. The molecule has 1 saturated carbocycles. The summed E-state index contributed by atoms with van der Waals surface area (Å²) < 4.78 is 5.46. The second kappa shape index (κ2) is 6.90. The van der Waals surface area contributed by atoms with Crippen molar-refractivity contribution in [1.29, 1.82) is 0 Å². The van der Waals surface area contributed by atoms with Crippen molar-refractivity contribution in [3.8, 4) is 0 Å². The number of aromatic amines is 1. The van der Waals surface area contributed by atoms with E-state index in [0.717, 1.165) is 52.0 Å². The van der Waals surface area contributed by atoms with E-state index >= 15 is 0 Å². The molecule has 8 heteroatoms. The van der Waals surface area contributed by atoms with Gasteiger partial charge in [-0.3, -0.25) is 19.8 Å². The van der Waals surface area contributed by atoms with Crippen molar-refractivity contribution in [2.45, 2.75) is 44.2 Å². The fourth-order valence-electron chi connectivity index (χ4n) is 4.05. The molecule has 2 fully saturated rings. The number of hydrogen-bond acceptors (Lipinski definition) is 5. The summed E-state index contributed by atoms with van der Waals surface area (Å²) in [6.07, 6.45) is 5.67. The van der Waals surface area contributed by atoms with Crippen LogP contribution in [0.25, 0.3) is 0 Å². The monoisotopic (exact) mass is 336 g/mol. The molecule has 1 aromatic rings. The molecule has 24 heavy (non-hydrogen) atoms. The average Bonchev–Trinajstić information content (AvgIpc) is 3.26. The van der Waals surface area contributed by atoms with Crippen LogP contribution < -0.4 is 5.32 Å². The molecule has 1 aliphatic heterocycles. The van der Waals surface area contributed by atoms with Crippen LogP contribution in [0.2, 0.25) is 0 Å². The van der Waals surface area contributed by atoms with Crippen molar-refractivity contribution >= 4 is 11.6 Å². The molecule has 1 atom stereocenters. The summed E-state index contributed by atoms with van der Waals surface area (Å²) in [5.74, 6) is -0.296. The van der Waals surface area contributed by atoms with Gasteiger partial charge >= 0.3 is 0 Å². The number of amides is 1. The van der Waals surface area contributed by atoms with Gasteiger partial charge < -0.3 is 15.0 Å². The van der Waals surface area contributed by atoms with E-state index in [0.29, 0.717) is 0 Å². The molecule has 1 aliphatic carbocycles. The summed E-state index contributed by atoms with van der Waals surface area (Å²) in [6, 6.07) is 1.24. The van der Waals surface area contributed by atoms with Gasteiger partial charge in [0.05, 0.1) is 24.3 Å². The second-order valence-corrected chi connectivity index (χ2v) is 6.63. The van der Waals surface area contributed by atoms with E-state index in [1.54, 1.807) is 0 Å². The number of nitrogens with one attached hydrogen (secondary N) is 2. The molecule has 0 radical (unpaired) electrons. The van der Waals surface area contributed by atoms with Crippen molar-refractivity contribution < 1.29 is 14.5 Å². The third-order valence-electron chi connectivity index (χ3n) is 5.39. The van der Waals surface area contributed by atoms with Gasteiger partial charge in [0.1, 0.15) is 5.69 Å². The SMILES string of the molecule is C[C@H](NC(=O)c1cc([N+](=O)[O-])c[nH]1)C1(N2CCOCC2)CCCC1. The Morgan fingerprint density at radius 2 is 2.08 bits per heavy atom. The highest BCUT2D eigenvalue weighted by Crippen LogP contribution is 2.38. The van der Waals surface area contributed by atoms with E-state index in [4.69, 9.17) is 4.74 Å². The van der Waals surface area contributed by atoms with Crippen LogP contribution >= 0.6 is 0 Å². The molecule has 2 N–H and O–H groups in total. The van der Waals surface area contributed by atoms with E-state index < -0.39 is 4.92 Å². The first-order valence-corrected chi connectivity index (χ1v) is 8.49. The van der Waals surface area contributed by atoms with Gasteiger partial charge in [0.2, 0.25) is 0 Å². The Morgan fingerprint density at radius 1 is 1.42 bits per heavy atom. The van der Waals surface area contributed by atoms with Gasteiger partial charge in [0.25, 0.3) is 11.6 Å². The first-order chi connectivity index (χ1) is 11.5. The lowest BCUT2D eigenvalue weighted by Crippen LogP contribution is -2.62. The first kappa shape index (κ1) is 16.9. The third-order valence-corrected chi connectivity index (χ3v) is 5.39. The van der Waals surface area contributed by atoms with E-state index in [1.807, 2.05) is 6.92 Å². The lowest BCUT2D eigenvalue weighted by Gasteiger charge is -2.47. The van der Waals surface area contributed by atoms with Crippen LogP contribution in [0.5, 0.6) is 0 Å². The van der Waals surface area contributed by atoms with Gasteiger partial charge in [-0.25, -0.2) is 0 Å². The first-order valence-electron chi connectivity index (χ1n) is 8.49. The number of H-pyrrole nitrogens is 1. The van der Waals surface area contributed by atoms with Crippen LogP contribution in [0, 0.1) is 10.1 Å². The number of hydrogen-bond donors (Lipinski definition) is 2. The molecule has 3 rings (SSSR count). The van der Waals surface area contributed by atoms with Gasteiger partial charge in [0, 0.05) is 30.7 Å². The van der Waals surface area contributed by atoms with Crippen LogP contribution in [0.15, 0.2) is 12.3 Å². The summed E-state index contributed by atoms with van der Waals surface area (Å²) >= 11 is 0. The predicted molar refractivity (Wildman–Crippen MR) is 88.0 cm³/mol. The number of nitro groups is 1. The normalized spacial score (nSPS) is 22.2. The standard InChI is InChI=1S/C16H24N4O4/c1-12(18-15(21)14-10-13(11-17-14)20(22)23)16(4-2-3-5-16)19-6-8-24-9-7-19/h10-12,17H,2-9H2,1H3,(H,18,21)/t12-/m0/s1. The predicted octanol–water partition coefficient (Wildman–Crippen LogP) is 1.69. The van der Waals surface area contributed by atoms with Crippen LogP contribution in [-0.4, -0.2) is 58.6 Å². The molecule has 0 spiro atoms. The Labute approximate surface area is 140 Å². The second-order valence-electron chi connectivity index (χ2n) is 6.63. The van der Waals surface area contributed by atoms with E-state index in [1.165, 1.54) is 12.3 Å². The van der Waals surface area contributed by atoms with E-state index in [2.05, 4.69) is 15.2 Å². The van der Waals surface area contributed by atoms with Crippen LogP contribution in [-0.2, 0) is 4.74 Å². The van der Waals surface area contributed by atoms with Crippen LogP contribution in [0.4, 0.5) is 5.69 Å². The largest absolute Gasteiger partial charge is 0.379 e. The van der Waals surface area contributed by atoms with Gasteiger partial charge in [-0.15, -0.1) is 0 Å². The highest BCUT2D eigenvalue weighted by molar-refractivity contribution is 5.93. The Hall–Kier alpha value is -1.93. The topological polar surface area (TPSA) is 100 Å². The fourth-order valence-corrected chi connectivity index (χ4v) is 4.05. The highest BCUT2D eigenvalue weighted by atomic mass is 16.6. The maximum absolute atomic E-state index is 12.5. The van der Waals surface area contributed by atoms with E-state index in [-0.39, 0.29) is 28.9 Å². The Balaban J connectivity index is 1.71. The van der Waals surface area contributed by atoms with E-state index in [9.17, 15) is 14.9 Å². The van der Waals surface area contributed by atoms with Crippen LogP contribution in [0.3, 0.4) is 0 Å². The molecule has 0 bridgehead atoms. The molecule has 8 nitrogen and oxygen atoms in total. The number of aromatic nitrogens is 1. The minimum atomic E-state index is -0.511. The maximum Gasteiger partial charge on any atom is 0.287 e. The maximum atomic E-state index is 12.5. The molecule has 1 aromatic heterocycles.